The summed E-state index contributed by atoms with van der Waals surface area (Å²) in [5.41, 5.74) is 1.21. The van der Waals surface area contributed by atoms with Crippen molar-refractivity contribution < 1.29 is 14.0 Å². The minimum Gasteiger partial charge on any atom is -0.423 e. The fourth-order valence-electron chi connectivity index (χ4n) is 1.54. The monoisotopic (exact) mass is 275 g/mol. The molecule has 2 aromatic rings. The summed E-state index contributed by atoms with van der Waals surface area (Å²) >= 11 is 0. The average molecular weight is 275 g/mol. The van der Waals surface area contributed by atoms with Crippen LogP contribution in [0.5, 0.6) is 0 Å². The Balaban J connectivity index is 2.25. The molecule has 20 heavy (non-hydrogen) atoms. The summed E-state index contributed by atoms with van der Waals surface area (Å²) in [5, 5.41) is 5.28. The Morgan fingerprint density at radius 3 is 2.50 bits per heavy atom. The van der Waals surface area contributed by atoms with Gasteiger partial charge in [0.25, 0.3) is 0 Å². The Hall–Kier alpha value is -2.37. The lowest BCUT2D eigenvalue weighted by Gasteiger charge is -2.15. The van der Waals surface area contributed by atoms with Crippen LogP contribution in [0.1, 0.15) is 27.7 Å². The van der Waals surface area contributed by atoms with Crippen LogP contribution in [-0.2, 0) is 9.59 Å². The number of nitrogens with zero attached hydrogens (tertiary/aromatic N) is 1. The van der Waals surface area contributed by atoms with Crippen molar-refractivity contribution >= 4 is 34.6 Å². The number of amides is 2. The average Bonchev–Trinajstić information content (AvgIpc) is 2.68. The van der Waals surface area contributed by atoms with E-state index in [9.17, 15) is 9.59 Å². The van der Waals surface area contributed by atoms with Gasteiger partial charge < -0.3 is 9.73 Å². The fourth-order valence-corrected chi connectivity index (χ4v) is 1.54. The molecule has 1 aromatic heterocycles. The summed E-state index contributed by atoms with van der Waals surface area (Å²) in [7, 11) is 0. The van der Waals surface area contributed by atoms with E-state index >= 15 is 0 Å². The van der Waals surface area contributed by atoms with Crippen molar-refractivity contribution in [2.75, 3.05) is 10.6 Å². The van der Waals surface area contributed by atoms with Gasteiger partial charge in [0.1, 0.15) is 5.52 Å². The molecule has 0 saturated carbocycles. The lowest BCUT2D eigenvalue weighted by Crippen LogP contribution is -2.27. The number of hydrogen-bond acceptors (Lipinski definition) is 4. The van der Waals surface area contributed by atoms with Crippen molar-refractivity contribution in [3.63, 3.8) is 0 Å². The van der Waals surface area contributed by atoms with Crippen molar-refractivity contribution in [3.8, 4) is 0 Å². The SMILES string of the molecule is CC(=O)Nc1ccc2nc(NC(=O)C(C)(C)C)oc2c1. The number of benzene rings is 1. The third-order valence-corrected chi connectivity index (χ3v) is 2.61. The molecule has 106 valence electrons. The van der Waals surface area contributed by atoms with Gasteiger partial charge in [-0.1, -0.05) is 20.8 Å². The van der Waals surface area contributed by atoms with E-state index in [-0.39, 0.29) is 17.8 Å². The Morgan fingerprint density at radius 2 is 1.90 bits per heavy atom. The van der Waals surface area contributed by atoms with Gasteiger partial charge in [-0.15, -0.1) is 0 Å². The Morgan fingerprint density at radius 1 is 1.20 bits per heavy atom. The van der Waals surface area contributed by atoms with Crippen LogP contribution >= 0.6 is 0 Å². The molecule has 0 aliphatic heterocycles. The van der Waals surface area contributed by atoms with E-state index in [1.807, 2.05) is 0 Å². The van der Waals surface area contributed by atoms with E-state index in [1.54, 1.807) is 39.0 Å². The summed E-state index contributed by atoms with van der Waals surface area (Å²) in [4.78, 5) is 27.0. The van der Waals surface area contributed by atoms with E-state index in [4.69, 9.17) is 4.42 Å². The number of hydrogen-bond donors (Lipinski definition) is 2. The van der Waals surface area contributed by atoms with Gasteiger partial charge in [-0.2, -0.15) is 4.98 Å². The minimum atomic E-state index is -0.526. The molecule has 2 rings (SSSR count). The molecule has 0 spiro atoms. The molecule has 1 aromatic carbocycles. The van der Waals surface area contributed by atoms with Gasteiger partial charge in [0.15, 0.2) is 5.58 Å². The molecule has 2 N–H and O–H groups in total. The second-order valence-corrected chi connectivity index (χ2v) is 5.59. The standard InChI is InChI=1S/C14H17N3O3/c1-8(18)15-9-5-6-10-11(7-9)20-13(16-10)17-12(19)14(2,3)4/h5-7H,1-4H3,(H,15,18)(H,16,17,19). The molecule has 0 bridgehead atoms. The highest BCUT2D eigenvalue weighted by Crippen LogP contribution is 2.24. The third-order valence-electron chi connectivity index (χ3n) is 2.61. The van der Waals surface area contributed by atoms with E-state index in [2.05, 4.69) is 15.6 Å². The lowest BCUT2D eigenvalue weighted by atomic mass is 9.96. The zero-order valence-electron chi connectivity index (χ0n) is 11.9. The molecule has 2 amide bonds. The van der Waals surface area contributed by atoms with Gasteiger partial charge in [-0.25, -0.2) is 0 Å². The molecule has 0 aliphatic carbocycles. The normalized spacial score (nSPS) is 11.4. The maximum absolute atomic E-state index is 11.9. The summed E-state index contributed by atoms with van der Waals surface area (Å²) in [6.07, 6.45) is 0. The molecule has 1 heterocycles. The van der Waals surface area contributed by atoms with Gasteiger partial charge in [-0.05, 0) is 12.1 Å². The zero-order chi connectivity index (χ0) is 14.9. The van der Waals surface area contributed by atoms with Crippen LogP contribution in [0.15, 0.2) is 22.6 Å². The smallest absolute Gasteiger partial charge is 0.302 e. The molecule has 0 fully saturated rings. The minimum absolute atomic E-state index is 0.153. The van der Waals surface area contributed by atoms with Crippen molar-refractivity contribution in [2.45, 2.75) is 27.7 Å². The highest BCUT2D eigenvalue weighted by atomic mass is 16.4. The van der Waals surface area contributed by atoms with E-state index in [0.29, 0.717) is 16.8 Å². The highest BCUT2D eigenvalue weighted by molar-refractivity contribution is 5.94. The van der Waals surface area contributed by atoms with Crippen LogP contribution in [0.4, 0.5) is 11.7 Å². The first-order valence-electron chi connectivity index (χ1n) is 6.25. The number of oxazole rings is 1. The molecule has 0 aliphatic rings. The van der Waals surface area contributed by atoms with Crippen molar-refractivity contribution in [2.24, 2.45) is 5.41 Å². The number of carbonyl (C=O) groups excluding carboxylic acids is 2. The molecule has 0 unspecified atom stereocenters. The number of fused-ring (bicyclic) bond motifs is 1. The zero-order valence-corrected chi connectivity index (χ0v) is 11.9. The van der Waals surface area contributed by atoms with E-state index in [0.717, 1.165) is 0 Å². The van der Waals surface area contributed by atoms with Gasteiger partial charge in [0.05, 0.1) is 0 Å². The second kappa shape index (κ2) is 4.96. The summed E-state index contributed by atoms with van der Waals surface area (Å²) in [5.74, 6) is -0.337. The first kappa shape index (κ1) is 14.0. The summed E-state index contributed by atoms with van der Waals surface area (Å²) in [6.45, 7) is 6.85. The van der Waals surface area contributed by atoms with E-state index < -0.39 is 5.41 Å². The largest absolute Gasteiger partial charge is 0.423 e. The van der Waals surface area contributed by atoms with Gasteiger partial charge in [0.2, 0.25) is 11.8 Å². The predicted octanol–water partition coefficient (Wildman–Crippen LogP) is 2.77. The van der Waals surface area contributed by atoms with Gasteiger partial charge >= 0.3 is 6.01 Å². The van der Waals surface area contributed by atoms with Crippen molar-refractivity contribution in [1.29, 1.82) is 0 Å². The molecular formula is C14H17N3O3. The molecule has 6 heteroatoms. The third kappa shape index (κ3) is 3.14. The molecule has 0 radical (unpaired) electrons. The molecule has 0 saturated heterocycles. The Labute approximate surface area is 116 Å². The highest BCUT2D eigenvalue weighted by Gasteiger charge is 2.23. The summed E-state index contributed by atoms with van der Waals surface area (Å²) < 4.78 is 5.46. The van der Waals surface area contributed by atoms with Crippen LogP contribution in [-0.4, -0.2) is 16.8 Å². The quantitative estimate of drug-likeness (QED) is 0.882. The van der Waals surface area contributed by atoms with Crippen LogP contribution in [0.3, 0.4) is 0 Å². The van der Waals surface area contributed by atoms with Gasteiger partial charge in [0, 0.05) is 24.1 Å². The lowest BCUT2D eigenvalue weighted by molar-refractivity contribution is -0.123. The number of aromatic nitrogens is 1. The summed E-state index contributed by atoms with van der Waals surface area (Å²) in [6, 6.07) is 5.26. The number of carbonyl (C=O) groups is 2. The second-order valence-electron chi connectivity index (χ2n) is 5.59. The maximum Gasteiger partial charge on any atom is 0.302 e. The Bertz CT molecular complexity index is 668. The van der Waals surface area contributed by atoms with Crippen molar-refractivity contribution in [1.82, 2.24) is 4.98 Å². The Kier molecular flexibility index (Phi) is 3.48. The first-order valence-corrected chi connectivity index (χ1v) is 6.25. The molecular weight excluding hydrogens is 258 g/mol. The number of nitrogens with one attached hydrogen (secondary N) is 2. The number of rotatable bonds is 2. The van der Waals surface area contributed by atoms with E-state index in [1.165, 1.54) is 6.92 Å². The van der Waals surface area contributed by atoms with Crippen molar-refractivity contribution in [3.05, 3.63) is 18.2 Å². The van der Waals surface area contributed by atoms with Crippen LogP contribution in [0.2, 0.25) is 0 Å². The van der Waals surface area contributed by atoms with Crippen LogP contribution in [0.25, 0.3) is 11.1 Å². The first-order chi connectivity index (χ1) is 9.25. The van der Waals surface area contributed by atoms with Gasteiger partial charge in [-0.3, -0.25) is 14.9 Å². The maximum atomic E-state index is 11.9. The molecule has 0 atom stereocenters. The molecule has 6 nitrogen and oxygen atoms in total. The van der Waals surface area contributed by atoms with Crippen LogP contribution < -0.4 is 10.6 Å². The fraction of sp³-hybridized carbons (Fsp3) is 0.357. The predicted molar refractivity (Wildman–Crippen MR) is 76.4 cm³/mol. The topological polar surface area (TPSA) is 84.2 Å². The number of anilines is 2. The van der Waals surface area contributed by atoms with Crippen LogP contribution in [0, 0.1) is 5.41 Å².